The lowest BCUT2D eigenvalue weighted by Gasteiger charge is -2.10. The van der Waals surface area contributed by atoms with Crippen LogP contribution in [-0.4, -0.2) is 16.5 Å². The van der Waals surface area contributed by atoms with Gasteiger partial charge in [0.25, 0.3) is 0 Å². The molecule has 2 aromatic heterocycles. The molecule has 3 rings (SSSR count). The molecule has 4 heteroatoms. The van der Waals surface area contributed by atoms with Crippen LogP contribution in [0.1, 0.15) is 50.2 Å². The molecule has 0 fully saturated rings. The van der Waals surface area contributed by atoms with Gasteiger partial charge in [-0.25, -0.2) is 4.98 Å². The third-order valence-corrected chi connectivity index (χ3v) is 5.43. The molecule has 3 N–H and O–H groups in total. The molecule has 3 nitrogen and oxygen atoms in total. The van der Waals surface area contributed by atoms with E-state index in [1.807, 2.05) is 11.6 Å². The zero-order valence-electron chi connectivity index (χ0n) is 13.9. The number of fused-ring (bicyclic) bond motifs is 1. The molecule has 3 aromatic rings. The van der Waals surface area contributed by atoms with Crippen LogP contribution in [-0.2, 0) is 6.42 Å². The molecule has 0 aliphatic heterocycles. The highest BCUT2D eigenvalue weighted by Gasteiger charge is 2.18. The lowest BCUT2D eigenvalue weighted by atomic mass is 9.95. The molecule has 0 aliphatic carbocycles. The minimum absolute atomic E-state index is 0.554. The number of hydrogen-bond acceptors (Lipinski definition) is 3. The summed E-state index contributed by atoms with van der Waals surface area (Å²) in [5.41, 5.74) is 11.0. The number of unbranched alkanes of at least 4 members (excludes halogenated alkanes) is 1. The van der Waals surface area contributed by atoms with Crippen LogP contribution in [0.2, 0.25) is 0 Å². The predicted octanol–water partition coefficient (Wildman–Crippen LogP) is 5.09. The van der Waals surface area contributed by atoms with Crippen molar-refractivity contribution in [3.8, 4) is 10.7 Å². The molecule has 2 heterocycles. The summed E-state index contributed by atoms with van der Waals surface area (Å²) in [6, 6.07) is 6.69. The Morgan fingerprint density at radius 2 is 2.17 bits per heavy atom. The highest BCUT2D eigenvalue weighted by molar-refractivity contribution is 7.13. The Kier molecular flexibility index (Phi) is 5.13. The van der Waals surface area contributed by atoms with Gasteiger partial charge in [0.15, 0.2) is 0 Å². The zero-order valence-corrected chi connectivity index (χ0v) is 14.7. The normalized spacial score (nSPS) is 12.8. The van der Waals surface area contributed by atoms with Crippen molar-refractivity contribution in [1.82, 2.24) is 9.97 Å². The van der Waals surface area contributed by atoms with E-state index in [9.17, 15) is 0 Å². The SMILES string of the molecule is CCC(C)c1cccc2c(CCCCN)c(-c3nccs3)[nH]c12. The molecule has 1 unspecified atom stereocenters. The third kappa shape index (κ3) is 3.19. The number of nitrogens with one attached hydrogen (secondary N) is 1. The molecule has 0 amide bonds. The van der Waals surface area contributed by atoms with E-state index in [2.05, 4.69) is 42.0 Å². The van der Waals surface area contributed by atoms with Gasteiger partial charge >= 0.3 is 0 Å². The molecule has 1 atom stereocenters. The molecular formula is C19H25N3S. The number of aromatic nitrogens is 2. The molecule has 122 valence electrons. The van der Waals surface area contributed by atoms with Crippen LogP contribution in [0, 0.1) is 0 Å². The first-order chi connectivity index (χ1) is 11.3. The summed E-state index contributed by atoms with van der Waals surface area (Å²) in [5, 5.41) is 4.48. The Hall–Kier alpha value is -1.65. The standard InChI is InChI=1S/C19H25N3S/c1-3-13(2)14-8-6-9-15-16(7-4-5-10-20)18(22-17(14)15)19-21-11-12-23-19/h6,8-9,11-13,22H,3-5,7,10,20H2,1-2H3. The monoisotopic (exact) mass is 327 g/mol. The van der Waals surface area contributed by atoms with Crippen LogP contribution in [0.5, 0.6) is 0 Å². The van der Waals surface area contributed by atoms with E-state index >= 15 is 0 Å². The van der Waals surface area contributed by atoms with Gasteiger partial charge in [0.1, 0.15) is 5.01 Å². The number of aromatic amines is 1. The van der Waals surface area contributed by atoms with E-state index in [-0.39, 0.29) is 0 Å². The van der Waals surface area contributed by atoms with Crippen molar-refractivity contribution in [3.63, 3.8) is 0 Å². The summed E-state index contributed by atoms with van der Waals surface area (Å²) in [5.74, 6) is 0.554. The number of aryl methyl sites for hydroxylation is 1. The number of benzene rings is 1. The average Bonchev–Trinajstić information content (AvgIpc) is 3.21. The smallest absolute Gasteiger partial charge is 0.139 e. The van der Waals surface area contributed by atoms with Crippen LogP contribution in [0.25, 0.3) is 21.6 Å². The summed E-state index contributed by atoms with van der Waals surface area (Å²) in [6.07, 6.45) is 6.26. The molecule has 0 spiro atoms. The Balaban J connectivity index is 2.14. The van der Waals surface area contributed by atoms with Gasteiger partial charge in [-0.1, -0.05) is 32.0 Å². The first-order valence-corrected chi connectivity index (χ1v) is 9.37. The Morgan fingerprint density at radius 3 is 2.87 bits per heavy atom. The Morgan fingerprint density at radius 1 is 1.30 bits per heavy atom. The van der Waals surface area contributed by atoms with Gasteiger partial charge in [0.2, 0.25) is 0 Å². The number of para-hydroxylation sites is 1. The van der Waals surface area contributed by atoms with Gasteiger partial charge in [0.05, 0.1) is 5.69 Å². The zero-order chi connectivity index (χ0) is 16.2. The number of rotatable bonds is 7. The lowest BCUT2D eigenvalue weighted by molar-refractivity contribution is 0.738. The number of hydrogen-bond donors (Lipinski definition) is 2. The van der Waals surface area contributed by atoms with Crippen molar-refractivity contribution < 1.29 is 0 Å². The maximum Gasteiger partial charge on any atom is 0.139 e. The second-order valence-corrected chi connectivity index (χ2v) is 7.04. The van der Waals surface area contributed by atoms with E-state index < -0.39 is 0 Å². The van der Waals surface area contributed by atoms with E-state index in [4.69, 9.17) is 5.73 Å². The van der Waals surface area contributed by atoms with Crippen LogP contribution in [0.15, 0.2) is 29.8 Å². The quantitative estimate of drug-likeness (QED) is 0.594. The van der Waals surface area contributed by atoms with Crippen molar-refractivity contribution in [2.75, 3.05) is 6.54 Å². The summed E-state index contributed by atoms with van der Waals surface area (Å²) in [6.45, 7) is 5.30. The second-order valence-electron chi connectivity index (χ2n) is 6.14. The highest BCUT2D eigenvalue weighted by atomic mass is 32.1. The maximum atomic E-state index is 5.68. The van der Waals surface area contributed by atoms with Gasteiger partial charge < -0.3 is 10.7 Å². The molecular weight excluding hydrogens is 302 g/mol. The minimum Gasteiger partial charge on any atom is -0.352 e. The van der Waals surface area contributed by atoms with Gasteiger partial charge in [-0.05, 0) is 49.3 Å². The second kappa shape index (κ2) is 7.28. The first-order valence-electron chi connectivity index (χ1n) is 8.49. The molecule has 0 radical (unpaired) electrons. The Bertz CT molecular complexity index is 758. The summed E-state index contributed by atoms with van der Waals surface area (Å²) in [7, 11) is 0. The van der Waals surface area contributed by atoms with Crippen LogP contribution in [0.3, 0.4) is 0 Å². The van der Waals surface area contributed by atoms with E-state index in [1.165, 1.54) is 27.7 Å². The summed E-state index contributed by atoms with van der Waals surface area (Å²) in [4.78, 5) is 8.22. The molecule has 1 aromatic carbocycles. The topological polar surface area (TPSA) is 54.7 Å². The summed E-state index contributed by atoms with van der Waals surface area (Å²) < 4.78 is 0. The van der Waals surface area contributed by atoms with Crippen LogP contribution >= 0.6 is 11.3 Å². The summed E-state index contributed by atoms with van der Waals surface area (Å²) >= 11 is 1.70. The van der Waals surface area contributed by atoms with E-state index in [0.717, 1.165) is 37.2 Å². The number of H-pyrrole nitrogens is 1. The number of thiazole rings is 1. The van der Waals surface area contributed by atoms with Crippen molar-refractivity contribution >= 4 is 22.2 Å². The molecule has 0 saturated heterocycles. The van der Waals surface area contributed by atoms with Gasteiger partial charge in [-0.15, -0.1) is 11.3 Å². The maximum absolute atomic E-state index is 5.68. The van der Waals surface area contributed by atoms with Crippen molar-refractivity contribution in [2.45, 2.75) is 45.4 Å². The highest BCUT2D eigenvalue weighted by Crippen LogP contribution is 2.36. The molecule has 0 aliphatic rings. The fraction of sp³-hybridized carbons (Fsp3) is 0.421. The minimum atomic E-state index is 0.554. The van der Waals surface area contributed by atoms with E-state index in [0.29, 0.717) is 5.92 Å². The first kappa shape index (κ1) is 16.2. The fourth-order valence-corrected chi connectivity index (χ4v) is 3.83. The Labute approximate surface area is 141 Å². The average molecular weight is 327 g/mol. The van der Waals surface area contributed by atoms with Gasteiger partial charge in [-0.2, -0.15) is 0 Å². The molecule has 0 saturated carbocycles. The van der Waals surface area contributed by atoms with Gasteiger partial charge in [0, 0.05) is 22.5 Å². The van der Waals surface area contributed by atoms with Crippen molar-refractivity contribution in [1.29, 1.82) is 0 Å². The number of nitrogens with zero attached hydrogens (tertiary/aromatic N) is 1. The fourth-order valence-electron chi connectivity index (χ4n) is 3.16. The van der Waals surface area contributed by atoms with Crippen LogP contribution < -0.4 is 5.73 Å². The van der Waals surface area contributed by atoms with Crippen molar-refractivity contribution in [3.05, 3.63) is 40.9 Å². The molecule has 0 bridgehead atoms. The predicted molar refractivity (Wildman–Crippen MR) is 100 cm³/mol. The van der Waals surface area contributed by atoms with Crippen molar-refractivity contribution in [2.24, 2.45) is 5.73 Å². The van der Waals surface area contributed by atoms with Gasteiger partial charge in [-0.3, -0.25) is 0 Å². The lowest BCUT2D eigenvalue weighted by Crippen LogP contribution is -1.99. The van der Waals surface area contributed by atoms with Crippen LogP contribution in [0.4, 0.5) is 0 Å². The largest absolute Gasteiger partial charge is 0.352 e. The number of nitrogens with two attached hydrogens (primary N) is 1. The van der Waals surface area contributed by atoms with E-state index in [1.54, 1.807) is 11.3 Å². The molecule has 23 heavy (non-hydrogen) atoms. The third-order valence-electron chi connectivity index (χ3n) is 4.64.